The molecule has 210 valence electrons. The van der Waals surface area contributed by atoms with Crippen LogP contribution >= 0.6 is 255 Å². The third-order valence-electron chi connectivity index (χ3n) is 5.02. The molecule has 0 aromatic rings. The fourth-order valence-electron chi connectivity index (χ4n) is 2.90. The summed E-state index contributed by atoms with van der Waals surface area (Å²) >= 11 is 142. The first kappa shape index (κ1) is 38.0. The number of hydrogen-bond donors (Lipinski definition) is 0. The molecule has 0 spiro atoms. The summed E-state index contributed by atoms with van der Waals surface area (Å²) in [5, 5.41) is -1.85. The summed E-state index contributed by atoms with van der Waals surface area (Å²) in [6, 6.07) is 0. The minimum Gasteiger partial charge on any atom is -0.0946 e. The molecule has 0 amide bonds. The fraction of sp³-hybridized carbons (Fsp3) is 0.714. The van der Waals surface area contributed by atoms with Gasteiger partial charge in [0.2, 0.25) is 0 Å². The van der Waals surface area contributed by atoms with Crippen LogP contribution in [0.2, 0.25) is 0 Å². The Morgan fingerprint density at radius 2 is 0.417 bits per heavy atom. The lowest BCUT2D eigenvalue weighted by molar-refractivity contribution is 0.555. The Labute approximate surface area is 315 Å². The van der Waals surface area contributed by atoms with Gasteiger partial charge in [-0.15, -0.1) is 0 Å². The van der Waals surface area contributed by atoms with Crippen molar-refractivity contribution in [3.63, 3.8) is 0 Å². The molecule has 0 atom stereocenters. The molecule has 0 aromatic carbocycles. The highest BCUT2D eigenvalue weighted by molar-refractivity contribution is 6.81. The van der Waals surface area contributed by atoms with Crippen LogP contribution in [0.5, 0.6) is 0 Å². The molecule has 0 saturated carbocycles. The molecule has 2 rings (SSSR count). The van der Waals surface area contributed by atoms with Gasteiger partial charge in [-0.3, -0.25) is 0 Å². The lowest BCUT2D eigenvalue weighted by Crippen LogP contribution is -2.62. The van der Waals surface area contributed by atoms with E-state index in [1.807, 2.05) is 0 Å². The van der Waals surface area contributed by atoms with Gasteiger partial charge >= 0.3 is 0 Å². The minimum absolute atomic E-state index is 0.891. The third-order valence-corrected chi connectivity index (χ3v) is 20.0. The minimum atomic E-state index is -2.93. The first-order valence-electron chi connectivity index (χ1n) is 7.91. The van der Waals surface area contributed by atoms with Crippen molar-refractivity contribution < 1.29 is 0 Å². The molecule has 2 aliphatic rings. The van der Waals surface area contributed by atoms with Crippen LogP contribution in [0.1, 0.15) is 0 Å². The molecule has 0 N–H and O–H groups in total. The van der Waals surface area contributed by atoms with E-state index in [1.54, 1.807) is 0 Å². The zero-order valence-corrected chi connectivity index (χ0v) is 31.9. The van der Waals surface area contributed by atoms with Gasteiger partial charge in [0, 0.05) is 11.1 Å². The number of halogens is 22. The Balaban J connectivity index is 3.34. The van der Waals surface area contributed by atoms with E-state index in [-0.39, 0.29) is 0 Å². The van der Waals surface area contributed by atoms with Crippen molar-refractivity contribution in [2.75, 3.05) is 0 Å². The van der Waals surface area contributed by atoms with Gasteiger partial charge in [-0.1, -0.05) is 255 Å². The molecule has 0 unspecified atom stereocenters. The molecule has 0 fully saturated rings. The summed E-state index contributed by atoms with van der Waals surface area (Å²) in [6.45, 7) is 0. The maximum atomic E-state index is 6.62. The highest BCUT2D eigenvalue weighted by Crippen LogP contribution is 2.77. The fourth-order valence-corrected chi connectivity index (χ4v) is 10.5. The number of alkyl halides is 20. The Hall–Kier alpha value is 5.86. The van der Waals surface area contributed by atoms with E-state index < -0.39 is 64.5 Å². The van der Waals surface area contributed by atoms with E-state index in [9.17, 15) is 0 Å². The van der Waals surface area contributed by atoms with Gasteiger partial charge in [0.15, 0.2) is 43.3 Å². The number of hydrogen-bond acceptors (Lipinski definition) is 0. The summed E-state index contributed by atoms with van der Waals surface area (Å²) in [5.41, 5.74) is -1.78. The lowest BCUT2D eigenvalue weighted by Gasteiger charge is -2.47. The standard InChI is InChI=1S/C14Cl22/c15-3-1(5(17,18)9(25,26)13(33,34)11(29,30)7(3,21)22)2-4(16)8(23,24)12(31,32)14(35,36)10(27,28)6(2,19)20. The zero-order valence-electron chi connectivity index (χ0n) is 15.3. The quantitative estimate of drug-likeness (QED) is 0.230. The van der Waals surface area contributed by atoms with Gasteiger partial charge in [0.05, 0.1) is 10.1 Å². The average Bonchev–Trinajstić information content (AvgIpc) is 2.69. The maximum absolute atomic E-state index is 6.62. The molecule has 0 saturated heterocycles. The topological polar surface area (TPSA) is 0 Å². The van der Waals surface area contributed by atoms with Crippen LogP contribution < -0.4 is 0 Å². The second kappa shape index (κ2) is 10.7. The Morgan fingerprint density at radius 1 is 0.250 bits per heavy atom. The van der Waals surface area contributed by atoms with Crippen molar-refractivity contribution >= 4 is 255 Å². The zero-order chi connectivity index (χ0) is 29.3. The lowest BCUT2D eigenvalue weighted by atomic mass is 9.94. The summed E-state index contributed by atoms with van der Waals surface area (Å²) in [6.07, 6.45) is 0. The van der Waals surface area contributed by atoms with Crippen molar-refractivity contribution in [1.82, 2.24) is 0 Å². The number of rotatable bonds is 1. The Kier molecular flexibility index (Phi) is 11.3. The van der Waals surface area contributed by atoms with Crippen LogP contribution in [-0.4, -0.2) is 43.3 Å². The van der Waals surface area contributed by atoms with Gasteiger partial charge in [-0.25, -0.2) is 0 Å². The second-order valence-corrected chi connectivity index (χ2v) is 21.2. The van der Waals surface area contributed by atoms with E-state index in [2.05, 4.69) is 0 Å². The highest BCUT2D eigenvalue weighted by Gasteiger charge is 2.82. The molecular formula is C14Cl22. The van der Waals surface area contributed by atoms with Crippen molar-refractivity contribution in [3.8, 4) is 0 Å². The van der Waals surface area contributed by atoms with E-state index in [1.165, 1.54) is 0 Å². The van der Waals surface area contributed by atoms with Gasteiger partial charge in [0.1, 0.15) is 0 Å². The molecule has 0 heterocycles. The second-order valence-electron chi connectivity index (χ2n) is 7.12. The molecule has 0 aromatic heterocycles. The first-order valence-corrected chi connectivity index (χ1v) is 16.2. The smallest absolute Gasteiger partial charge is 0.0946 e. The Bertz CT molecular complexity index is 939. The summed E-state index contributed by atoms with van der Waals surface area (Å²) in [5.74, 6) is 0. The van der Waals surface area contributed by atoms with Crippen LogP contribution in [0.15, 0.2) is 21.2 Å². The monoisotopic (exact) mass is 937 g/mol. The van der Waals surface area contributed by atoms with E-state index in [0.29, 0.717) is 0 Å². The van der Waals surface area contributed by atoms with Gasteiger partial charge in [-0.05, 0) is 0 Å². The number of allylic oxidation sites excluding steroid dienone is 4. The molecule has 0 nitrogen and oxygen atoms in total. The largest absolute Gasteiger partial charge is 0.191 e. The van der Waals surface area contributed by atoms with E-state index in [0.717, 1.165) is 0 Å². The summed E-state index contributed by atoms with van der Waals surface area (Å²) < 4.78 is -28.6. The summed E-state index contributed by atoms with van der Waals surface area (Å²) in [4.78, 5) is 0. The van der Waals surface area contributed by atoms with E-state index in [4.69, 9.17) is 255 Å². The van der Waals surface area contributed by atoms with Crippen LogP contribution in [0.4, 0.5) is 0 Å². The Morgan fingerprint density at radius 3 is 0.611 bits per heavy atom. The average molecular weight is 948 g/mol. The van der Waals surface area contributed by atoms with Crippen LogP contribution in [-0.2, 0) is 0 Å². The van der Waals surface area contributed by atoms with E-state index >= 15 is 0 Å². The molecule has 2 aliphatic carbocycles. The SMILES string of the molecule is ClC1=C(C2=C(Cl)C(Cl)(Cl)C(Cl)(Cl)C(Cl)(Cl)C(Cl)(Cl)C2(Cl)Cl)C(Cl)(Cl)C(Cl)(Cl)C(Cl)(Cl)C(Cl)(Cl)C1(Cl)Cl. The van der Waals surface area contributed by atoms with Crippen molar-refractivity contribution in [1.29, 1.82) is 0 Å². The van der Waals surface area contributed by atoms with Crippen LogP contribution in [0, 0.1) is 0 Å². The van der Waals surface area contributed by atoms with Crippen LogP contribution in [0.3, 0.4) is 0 Å². The van der Waals surface area contributed by atoms with Crippen LogP contribution in [0.25, 0.3) is 0 Å². The van der Waals surface area contributed by atoms with Gasteiger partial charge in [-0.2, -0.15) is 0 Å². The van der Waals surface area contributed by atoms with Gasteiger partial charge in [0.25, 0.3) is 0 Å². The normalized spacial score (nSPS) is 32.5. The highest BCUT2D eigenvalue weighted by atomic mass is 35.6. The molecule has 36 heavy (non-hydrogen) atoms. The predicted molar refractivity (Wildman–Crippen MR) is 170 cm³/mol. The molecule has 0 bridgehead atoms. The van der Waals surface area contributed by atoms with Gasteiger partial charge < -0.3 is 0 Å². The maximum Gasteiger partial charge on any atom is 0.191 e. The van der Waals surface area contributed by atoms with Crippen molar-refractivity contribution in [3.05, 3.63) is 21.2 Å². The molecule has 0 aliphatic heterocycles. The predicted octanol–water partition coefficient (Wildman–Crippen LogP) is 13.7. The summed E-state index contributed by atoms with van der Waals surface area (Å²) in [7, 11) is 0. The van der Waals surface area contributed by atoms with Crippen molar-refractivity contribution in [2.45, 2.75) is 43.3 Å². The molecule has 0 radical (unpaired) electrons. The first-order chi connectivity index (χ1) is 15.3. The molecule has 22 heteroatoms. The third kappa shape index (κ3) is 4.64. The van der Waals surface area contributed by atoms with Crippen molar-refractivity contribution in [2.24, 2.45) is 0 Å². The molecular weight excluding hydrogens is 948 g/mol.